The summed E-state index contributed by atoms with van der Waals surface area (Å²) in [5, 5.41) is 17.1. The molecule has 1 aliphatic heterocycles. The van der Waals surface area contributed by atoms with E-state index in [1.807, 2.05) is 0 Å². The van der Waals surface area contributed by atoms with Crippen molar-refractivity contribution in [1.29, 1.82) is 0 Å². The molecule has 1 unspecified atom stereocenters. The van der Waals surface area contributed by atoms with E-state index in [-0.39, 0.29) is 23.8 Å². The number of nitrogens with zero attached hydrogens (tertiary/aromatic N) is 3. The van der Waals surface area contributed by atoms with Gasteiger partial charge in [-0.05, 0) is 24.3 Å². The number of amides is 1. The highest BCUT2D eigenvalue weighted by molar-refractivity contribution is 6.35. The van der Waals surface area contributed by atoms with Gasteiger partial charge in [0.1, 0.15) is 5.75 Å². The van der Waals surface area contributed by atoms with Crippen molar-refractivity contribution in [1.82, 2.24) is 5.01 Å². The molecule has 0 bridgehead atoms. The lowest BCUT2D eigenvalue weighted by molar-refractivity contribution is -0.386. The predicted octanol–water partition coefficient (Wildman–Crippen LogP) is 4.17. The Balaban J connectivity index is 1.80. The van der Waals surface area contributed by atoms with Crippen LogP contribution in [0.4, 0.5) is 5.69 Å². The van der Waals surface area contributed by atoms with Crippen molar-refractivity contribution in [3.8, 4) is 5.75 Å². The van der Waals surface area contributed by atoms with Crippen LogP contribution in [-0.4, -0.2) is 28.3 Å². The molecule has 0 saturated carbocycles. The summed E-state index contributed by atoms with van der Waals surface area (Å²) in [5.41, 5.74) is 0.0350. The molecule has 1 amide bonds. The first-order chi connectivity index (χ1) is 12.9. The molecule has 0 saturated heterocycles. The van der Waals surface area contributed by atoms with Gasteiger partial charge >= 0.3 is 0 Å². The number of para-hydroxylation sites is 1. The lowest BCUT2D eigenvalue weighted by atomic mass is 10.1. The lowest BCUT2D eigenvalue weighted by Crippen LogP contribution is -2.26. The van der Waals surface area contributed by atoms with E-state index in [4.69, 9.17) is 32.7 Å². The molecule has 8 nitrogen and oxygen atoms in total. The number of ether oxygens (including phenoxy) is 2. The number of halogens is 2. The zero-order valence-electron chi connectivity index (χ0n) is 14.0. The van der Waals surface area contributed by atoms with Gasteiger partial charge in [0.15, 0.2) is 6.61 Å². The third-order valence-corrected chi connectivity index (χ3v) is 4.19. The third-order valence-electron chi connectivity index (χ3n) is 3.66. The Kier molecular flexibility index (Phi) is 5.48. The minimum Gasteiger partial charge on any atom is -0.482 e. The van der Waals surface area contributed by atoms with Crippen LogP contribution in [0.2, 0.25) is 10.0 Å². The van der Waals surface area contributed by atoms with Gasteiger partial charge in [0.05, 0.1) is 15.5 Å². The summed E-state index contributed by atoms with van der Waals surface area (Å²) in [4.78, 5) is 22.6. The number of hydrazone groups is 1. The lowest BCUT2D eigenvalue weighted by Gasteiger charge is -2.19. The first kappa shape index (κ1) is 18.9. The van der Waals surface area contributed by atoms with Crippen molar-refractivity contribution in [3.63, 3.8) is 0 Å². The van der Waals surface area contributed by atoms with Crippen LogP contribution in [0, 0.1) is 10.1 Å². The average molecular weight is 410 g/mol. The number of hydrogen-bond acceptors (Lipinski definition) is 6. The molecule has 0 radical (unpaired) electrons. The summed E-state index contributed by atoms with van der Waals surface area (Å²) in [5.74, 6) is 0.00734. The molecular weight excluding hydrogens is 397 g/mol. The second-order valence-corrected chi connectivity index (χ2v) is 6.35. The predicted molar refractivity (Wildman–Crippen MR) is 98.8 cm³/mol. The van der Waals surface area contributed by atoms with E-state index in [0.29, 0.717) is 15.8 Å². The maximum atomic E-state index is 11.9. The van der Waals surface area contributed by atoms with Crippen molar-refractivity contribution in [2.75, 3.05) is 6.61 Å². The standard InChI is InChI=1S/C17H13Cl2N3O5/c1-10(23)21-17(12-4-2-3-5-14(12)22(24)25)27-16(20-21)9-26-15-7-6-11(18)8-13(15)19/h2-8,17H,9H2,1H3. The zero-order chi connectivity index (χ0) is 19.6. The first-order valence-electron chi connectivity index (χ1n) is 7.72. The van der Waals surface area contributed by atoms with Crippen LogP contribution >= 0.6 is 23.2 Å². The Morgan fingerprint density at radius 3 is 2.74 bits per heavy atom. The van der Waals surface area contributed by atoms with Crippen LogP contribution in [-0.2, 0) is 9.53 Å². The molecule has 0 aliphatic carbocycles. The average Bonchev–Trinajstić information content (AvgIpc) is 3.05. The quantitative estimate of drug-likeness (QED) is 0.545. The highest BCUT2D eigenvalue weighted by atomic mass is 35.5. The number of nitro benzene ring substituents is 1. The van der Waals surface area contributed by atoms with Crippen LogP contribution in [0.25, 0.3) is 0 Å². The molecule has 140 valence electrons. The zero-order valence-corrected chi connectivity index (χ0v) is 15.5. The van der Waals surface area contributed by atoms with Gasteiger partial charge < -0.3 is 9.47 Å². The molecule has 3 rings (SSSR count). The van der Waals surface area contributed by atoms with E-state index in [9.17, 15) is 14.9 Å². The van der Waals surface area contributed by atoms with Gasteiger partial charge in [-0.2, -0.15) is 5.01 Å². The molecular formula is C17H13Cl2N3O5. The topological polar surface area (TPSA) is 94.3 Å². The summed E-state index contributed by atoms with van der Waals surface area (Å²) >= 11 is 11.9. The van der Waals surface area contributed by atoms with Gasteiger partial charge in [-0.15, -0.1) is 5.10 Å². The Labute approximate surface area is 164 Å². The molecule has 0 aromatic heterocycles. The fraction of sp³-hybridized carbons (Fsp3) is 0.176. The molecule has 2 aromatic carbocycles. The fourth-order valence-corrected chi connectivity index (χ4v) is 2.93. The number of nitro groups is 1. The smallest absolute Gasteiger partial charge is 0.278 e. The molecule has 0 N–H and O–H groups in total. The van der Waals surface area contributed by atoms with Crippen molar-refractivity contribution in [2.45, 2.75) is 13.2 Å². The van der Waals surface area contributed by atoms with Gasteiger partial charge in [0, 0.05) is 18.0 Å². The minimum atomic E-state index is -1.05. The van der Waals surface area contributed by atoms with Crippen LogP contribution in [0.15, 0.2) is 47.6 Å². The number of hydrogen-bond donors (Lipinski definition) is 0. The highest BCUT2D eigenvalue weighted by Crippen LogP contribution is 2.34. The highest BCUT2D eigenvalue weighted by Gasteiger charge is 2.36. The van der Waals surface area contributed by atoms with Gasteiger partial charge in [0.2, 0.25) is 18.0 Å². The van der Waals surface area contributed by atoms with Gasteiger partial charge in [-0.3, -0.25) is 14.9 Å². The number of rotatable bonds is 5. The fourth-order valence-electron chi connectivity index (χ4n) is 2.46. The monoisotopic (exact) mass is 409 g/mol. The number of carbonyl (C=O) groups excluding carboxylic acids is 1. The van der Waals surface area contributed by atoms with Crippen molar-refractivity contribution < 1.29 is 19.2 Å². The van der Waals surface area contributed by atoms with Crippen LogP contribution < -0.4 is 4.74 Å². The molecule has 10 heteroatoms. The first-order valence-corrected chi connectivity index (χ1v) is 8.47. The summed E-state index contributed by atoms with van der Waals surface area (Å²) in [6, 6.07) is 10.7. The summed E-state index contributed by atoms with van der Waals surface area (Å²) in [7, 11) is 0. The largest absolute Gasteiger partial charge is 0.482 e. The molecule has 0 spiro atoms. The molecule has 2 aromatic rings. The number of carbonyl (C=O) groups is 1. The summed E-state index contributed by atoms with van der Waals surface area (Å²) < 4.78 is 11.2. The Bertz CT molecular complexity index is 935. The Morgan fingerprint density at radius 1 is 1.33 bits per heavy atom. The second-order valence-electron chi connectivity index (χ2n) is 5.51. The van der Waals surface area contributed by atoms with Crippen molar-refractivity contribution >= 4 is 40.7 Å². The van der Waals surface area contributed by atoms with Gasteiger partial charge in [-0.1, -0.05) is 35.3 Å². The van der Waals surface area contributed by atoms with E-state index in [1.54, 1.807) is 18.2 Å². The minimum absolute atomic E-state index is 0.0827. The van der Waals surface area contributed by atoms with E-state index in [2.05, 4.69) is 5.10 Å². The second kappa shape index (κ2) is 7.81. The Hall–Kier alpha value is -2.84. The van der Waals surface area contributed by atoms with Crippen molar-refractivity contribution in [2.24, 2.45) is 5.10 Å². The summed E-state index contributed by atoms with van der Waals surface area (Å²) in [6.45, 7) is 1.16. The normalized spacial score (nSPS) is 15.9. The van der Waals surface area contributed by atoms with Gasteiger partial charge in [-0.25, -0.2) is 0 Å². The van der Waals surface area contributed by atoms with Gasteiger partial charge in [0.25, 0.3) is 5.69 Å². The molecule has 1 heterocycles. The number of benzene rings is 2. The maximum absolute atomic E-state index is 11.9. The Morgan fingerprint density at radius 2 is 2.07 bits per heavy atom. The molecule has 27 heavy (non-hydrogen) atoms. The van der Waals surface area contributed by atoms with E-state index < -0.39 is 17.1 Å². The van der Waals surface area contributed by atoms with E-state index >= 15 is 0 Å². The SMILES string of the molecule is CC(=O)N1N=C(COc2ccc(Cl)cc2Cl)OC1c1ccccc1[N+](=O)[O-]. The van der Waals surface area contributed by atoms with E-state index in [1.165, 1.54) is 31.2 Å². The van der Waals surface area contributed by atoms with Crippen LogP contribution in [0.1, 0.15) is 18.7 Å². The summed E-state index contributed by atoms with van der Waals surface area (Å²) in [6.07, 6.45) is -1.05. The van der Waals surface area contributed by atoms with Crippen LogP contribution in [0.5, 0.6) is 5.75 Å². The van der Waals surface area contributed by atoms with Crippen LogP contribution in [0.3, 0.4) is 0 Å². The van der Waals surface area contributed by atoms with Crippen molar-refractivity contribution in [3.05, 3.63) is 68.2 Å². The molecule has 1 atom stereocenters. The molecule has 1 aliphatic rings. The third kappa shape index (κ3) is 4.12. The maximum Gasteiger partial charge on any atom is 0.278 e. The van der Waals surface area contributed by atoms with E-state index in [0.717, 1.165) is 5.01 Å². The molecule has 0 fully saturated rings.